The van der Waals surface area contributed by atoms with Crippen LogP contribution < -0.4 is 0 Å². The Morgan fingerprint density at radius 3 is 1.56 bits per heavy atom. The summed E-state index contributed by atoms with van der Waals surface area (Å²) in [5, 5.41) is 62.2. The molecule has 0 spiro atoms. The molecule has 0 aromatic heterocycles. The summed E-state index contributed by atoms with van der Waals surface area (Å²) in [6.07, 6.45) is 0. The van der Waals surface area contributed by atoms with Crippen LogP contribution in [-0.4, -0.2) is 36.1 Å². The lowest BCUT2D eigenvalue weighted by molar-refractivity contribution is 0.351. The third kappa shape index (κ3) is 1.90. The van der Waals surface area contributed by atoms with E-state index in [1.807, 2.05) is 0 Å². The van der Waals surface area contributed by atoms with Crippen molar-refractivity contribution in [3.05, 3.63) is 36.4 Å². The zero-order valence-electron chi connectivity index (χ0n) is 12.6. The van der Waals surface area contributed by atoms with Crippen LogP contribution in [0.25, 0.3) is 32.3 Å². The van der Waals surface area contributed by atoms with Crippen LogP contribution in [0.1, 0.15) is 0 Å². The lowest BCUT2D eigenvalue weighted by atomic mass is 9.92. The molecule has 128 valence electrons. The van der Waals surface area contributed by atoms with E-state index in [4.69, 9.17) is 0 Å². The molecule has 0 bridgehead atoms. The van der Waals surface area contributed by atoms with Gasteiger partial charge in [0.1, 0.15) is 0 Å². The van der Waals surface area contributed by atoms with Gasteiger partial charge in [0.2, 0.25) is 11.5 Å². The molecule has 0 amide bonds. The van der Waals surface area contributed by atoms with Crippen LogP contribution in [0.15, 0.2) is 36.4 Å². The van der Waals surface area contributed by atoms with E-state index in [-0.39, 0.29) is 21.6 Å². The quantitative estimate of drug-likeness (QED) is 0.164. The van der Waals surface area contributed by atoms with E-state index >= 15 is 0 Å². The van der Waals surface area contributed by atoms with Crippen LogP contribution in [0.5, 0.6) is 34.5 Å². The molecule has 0 saturated carbocycles. The topological polar surface area (TPSA) is 153 Å². The summed E-state index contributed by atoms with van der Waals surface area (Å²) >= 11 is 0. The lowest BCUT2D eigenvalue weighted by Crippen LogP contribution is -1.87. The molecular formula is C18H14O7. The Kier molecular flexibility index (Phi) is 3.40. The van der Waals surface area contributed by atoms with Crippen molar-refractivity contribution in [3.8, 4) is 34.5 Å². The van der Waals surface area contributed by atoms with Crippen molar-refractivity contribution in [1.29, 1.82) is 0 Å². The number of rotatable bonds is 0. The summed E-state index contributed by atoms with van der Waals surface area (Å²) in [5.74, 6) is -3.99. The van der Waals surface area contributed by atoms with Crippen molar-refractivity contribution in [2.75, 3.05) is 0 Å². The van der Waals surface area contributed by atoms with Gasteiger partial charge in [-0.15, -0.1) is 0 Å². The summed E-state index contributed by atoms with van der Waals surface area (Å²) in [5.41, 5.74) is 0. The number of hydrogen-bond donors (Lipinski definition) is 6. The van der Waals surface area contributed by atoms with Crippen molar-refractivity contribution in [1.82, 2.24) is 0 Å². The molecule has 7 heteroatoms. The van der Waals surface area contributed by atoms with E-state index in [1.165, 1.54) is 6.07 Å². The number of aromatic hydroxyl groups is 6. The van der Waals surface area contributed by atoms with Crippen molar-refractivity contribution in [2.24, 2.45) is 0 Å². The van der Waals surface area contributed by atoms with Gasteiger partial charge in [0, 0.05) is 16.2 Å². The molecule has 4 aromatic carbocycles. The van der Waals surface area contributed by atoms with Gasteiger partial charge in [-0.2, -0.15) is 0 Å². The van der Waals surface area contributed by atoms with Gasteiger partial charge in [-0.25, -0.2) is 0 Å². The molecule has 0 aliphatic carbocycles. The fourth-order valence-corrected chi connectivity index (χ4v) is 3.20. The normalized spacial score (nSPS) is 11.0. The van der Waals surface area contributed by atoms with Crippen LogP contribution in [0.4, 0.5) is 0 Å². The van der Waals surface area contributed by atoms with E-state index in [2.05, 4.69) is 0 Å². The van der Waals surface area contributed by atoms with Crippen LogP contribution in [0, 0.1) is 0 Å². The van der Waals surface area contributed by atoms with Crippen LogP contribution in [0.3, 0.4) is 0 Å². The summed E-state index contributed by atoms with van der Waals surface area (Å²) in [6.45, 7) is 0. The van der Waals surface area contributed by atoms with Gasteiger partial charge in [-0.05, 0) is 28.3 Å². The Bertz CT molecular complexity index is 1150. The maximum atomic E-state index is 10.3. The average molecular weight is 342 g/mol. The molecule has 0 heterocycles. The first-order valence-electron chi connectivity index (χ1n) is 7.08. The van der Waals surface area contributed by atoms with E-state index in [9.17, 15) is 30.6 Å². The largest absolute Gasteiger partial charge is 0.504 e. The third-order valence-corrected chi connectivity index (χ3v) is 4.29. The van der Waals surface area contributed by atoms with E-state index in [0.717, 1.165) is 0 Å². The Hall–Kier alpha value is -3.58. The van der Waals surface area contributed by atoms with Gasteiger partial charge in [-0.1, -0.05) is 24.3 Å². The minimum Gasteiger partial charge on any atom is -0.504 e. The monoisotopic (exact) mass is 342 g/mol. The Morgan fingerprint density at radius 1 is 0.440 bits per heavy atom. The van der Waals surface area contributed by atoms with Gasteiger partial charge < -0.3 is 36.1 Å². The van der Waals surface area contributed by atoms with E-state index < -0.39 is 34.5 Å². The molecule has 0 atom stereocenters. The maximum absolute atomic E-state index is 10.3. The molecular weight excluding hydrogens is 328 g/mol. The zero-order chi connectivity index (χ0) is 17.2. The Balaban J connectivity index is 0.00000182. The highest BCUT2D eigenvalue weighted by atomic mass is 16.3. The second kappa shape index (κ2) is 5.22. The Morgan fingerprint density at radius 2 is 0.920 bits per heavy atom. The van der Waals surface area contributed by atoms with Crippen LogP contribution in [-0.2, 0) is 0 Å². The minimum absolute atomic E-state index is 0. The second-order valence-corrected chi connectivity index (χ2v) is 5.55. The van der Waals surface area contributed by atoms with Gasteiger partial charge in [0.05, 0.1) is 0 Å². The number of benzene rings is 4. The number of phenols is 6. The first-order valence-corrected chi connectivity index (χ1v) is 7.08. The van der Waals surface area contributed by atoms with Gasteiger partial charge in [-0.3, -0.25) is 0 Å². The van der Waals surface area contributed by atoms with Gasteiger partial charge in [0.25, 0.3) is 0 Å². The van der Waals surface area contributed by atoms with Crippen molar-refractivity contribution >= 4 is 32.3 Å². The zero-order valence-corrected chi connectivity index (χ0v) is 12.6. The molecule has 0 radical (unpaired) electrons. The van der Waals surface area contributed by atoms with Crippen molar-refractivity contribution in [3.63, 3.8) is 0 Å². The number of hydrogen-bond acceptors (Lipinski definition) is 6. The number of phenolic OH excluding ortho intramolecular Hbond substituents is 6. The lowest BCUT2D eigenvalue weighted by Gasteiger charge is -2.16. The van der Waals surface area contributed by atoms with Gasteiger partial charge >= 0.3 is 0 Å². The smallest absolute Gasteiger partial charge is 0.204 e. The highest BCUT2D eigenvalue weighted by Gasteiger charge is 2.24. The first-order chi connectivity index (χ1) is 11.4. The summed E-state index contributed by atoms with van der Waals surface area (Å²) in [6, 6.07) is 9.77. The summed E-state index contributed by atoms with van der Waals surface area (Å²) < 4.78 is 0. The predicted molar refractivity (Wildman–Crippen MR) is 92.6 cm³/mol. The van der Waals surface area contributed by atoms with Crippen LogP contribution >= 0.6 is 0 Å². The molecule has 0 unspecified atom stereocenters. The molecule has 4 aromatic rings. The van der Waals surface area contributed by atoms with Crippen molar-refractivity contribution < 1.29 is 36.1 Å². The molecule has 0 aliphatic rings. The average Bonchev–Trinajstić information content (AvgIpc) is 2.59. The molecule has 8 N–H and O–H groups in total. The summed E-state index contributed by atoms with van der Waals surface area (Å²) in [7, 11) is 0. The minimum atomic E-state index is -0.903. The highest BCUT2D eigenvalue weighted by molar-refractivity contribution is 6.30. The second-order valence-electron chi connectivity index (χ2n) is 5.55. The van der Waals surface area contributed by atoms with Crippen LogP contribution in [0.2, 0.25) is 0 Å². The maximum Gasteiger partial charge on any atom is 0.204 e. The first kappa shape index (κ1) is 16.3. The fourth-order valence-electron chi connectivity index (χ4n) is 3.20. The summed E-state index contributed by atoms with van der Waals surface area (Å²) in [4.78, 5) is 0. The predicted octanol–water partition coefficient (Wildman–Crippen LogP) is 2.56. The number of fused-ring (bicyclic) bond motifs is 6. The molecule has 4 rings (SSSR count). The third-order valence-electron chi connectivity index (χ3n) is 4.29. The molecule has 0 aliphatic heterocycles. The highest BCUT2D eigenvalue weighted by Crippen LogP contribution is 2.55. The molecule has 0 saturated heterocycles. The molecule has 7 nitrogen and oxygen atoms in total. The van der Waals surface area contributed by atoms with E-state index in [0.29, 0.717) is 16.2 Å². The Labute approximate surface area is 140 Å². The molecule has 25 heavy (non-hydrogen) atoms. The van der Waals surface area contributed by atoms with E-state index in [1.54, 1.807) is 30.3 Å². The standard InChI is InChI=1S/C18H12O6.H2O/c19-10-6-5-9-7-3-1-2-4-8(7)12-13(11(9)14(10)20)16(22)18(24)17(23)15(12)21;/h1-6,19-24H;1H2. The van der Waals surface area contributed by atoms with Crippen molar-refractivity contribution in [2.45, 2.75) is 0 Å². The fraction of sp³-hybridized carbons (Fsp3) is 0. The van der Waals surface area contributed by atoms with Gasteiger partial charge in [0.15, 0.2) is 23.0 Å². The SMILES string of the molecule is O.Oc1ccc2c3ccccc3c3c(O)c(O)c(O)c(O)c3c2c1O. The molecule has 0 fully saturated rings.